The lowest BCUT2D eigenvalue weighted by atomic mass is 9.49. The van der Waals surface area contributed by atoms with Crippen molar-refractivity contribution in [1.82, 2.24) is 0 Å². The van der Waals surface area contributed by atoms with Gasteiger partial charge < -0.3 is 4.81 Å². The van der Waals surface area contributed by atoms with Crippen molar-refractivity contribution < 1.29 is 4.57 Å². The Morgan fingerprint density at radius 2 is 1.85 bits per heavy atom. The molecule has 1 aliphatic rings. The highest BCUT2D eigenvalue weighted by molar-refractivity contribution is 6.82. The molecule has 20 heavy (non-hydrogen) atoms. The summed E-state index contributed by atoms with van der Waals surface area (Å²) in [6, 6.07) is 13.0. The number of pyridine rings is 1. The molecular formula is C17H20BN2+. The number of aromatic nitrogens is 1. The maximum Gasteiger partial charge on any atom is 0.399 e. The zero-order valence-electron chi connectivity index (χ0n) is 12.6. The summed E-state index contributed by atoms with van der Waals surface area (Å²) >= 11 is 0. The lowest BCUT2D eigenvalue weighted by Crippen LogP contribution is -2.62. The molecule has 0 bridgehead atoms. The monoisotopic (exact) mass is 263 g/mol. The van der Waals surface area contributed by atoms with E-state index in [-0.39, 0.29) is 0 Å². The van der Waals surface area contributed by atoms with Gasteiger partial charge in [-0.2, -0.15) is 0 Å². The standard InChI is InChI=1S/C17H20BN2/c1-13-9-10-19(3)17(11-13)18-14(2)12-15-7-5-6-8-16(15)20(18)4/h5-12H,1-4H3/q+1. The molecule has 0 atom stereocenters. The molecule has 0 amide bonds. The van der Waals surface area contributed by atoms with Gasteiger partial charge in [0.2, 0.25) is 0 Å². The van der Waals surface area contributed by atoms with Gasteiger partial charge in [0.05, 0.1) is 0 Å². The van der Waals surface area contributed by atoms with Gasteiger partial charge in [0, 0.05) is 17.8 Å². The molecule has 2 nitrogen and oxygen atoms in total. The lowest BCUT2D eigenvalue weighted by Gasteiger charge is -2.31. The van der Waals surface area contributed by atoms with Gasteiger partial charge in [-0.05, 0) is 38.1 Å². The van der Waals surface area contributed by atoms with Crippen molar-refractivity contribution in [3.63, 3.8) is 0 Å². The quantitative estimate of drug-likeness (QED) is 0.564. The van der Waals surface area contributed by atoms with Crippen LogP contribution >= 0.6 is 0 Å². The van der Waals surface area contributed by atoms with Gasteiger partial charge in [0.1, 0.15) is 7.05 Å². The summed E-state index contributed by atoms with van der Waals surface area (Å²) in [5.74, 6) is 0. The second-order valence-electron chi connectivity index (χ2n) is 5.70. The highest BCUT2D eigenvalue weighted by atomic mass is 15.1. The first-order chi connectivity index (χ1) is 9.58. The third-order valence-corrected chi connectivity index (χ3v) is 4.14. The molecule has 1 aliphatic heterocycles. The maximum absolute atomic E-state index is 2.37. The molecule has 0 fully saturated rings. The minimum absolute atomic E-state index is 0.301. The normalized spacial score (nSPS) is 14.1. The molecule has 0 unspecified atom stereocenters. The molecule has 0 spiro atoms. The number of hydrogen-bond acceptors (Lipinski definition) is 1. The van der Waals surface area contributed by atoms with Crippen molar-refractivity contribution in [2.45, 2.75) is 13.8 Å². The second kappa shape index (κ2) is 4.82. The van der Waals surface area contributed by atoms with Gasteiger partial charge >= 0.3 is 6.85 Å². The summed E-state index contributed by atoms with van der Waals surface area (Å²) in [4.78, 5) is 2.37. The van der Waals surface area contributed by atoms with Crippen LogP contribution in [0.25, 0.3) is 6.08 Å². The van der Waals surface area contributed by atoms with Crippen LogP contribution < -0.4 is 15.0 Å². The third kappa shape index (κ3) is 2.03. The van der Waals surface area contributed by atoms with Crippen LogP contribution in [0.3, 0.4) is 0 Å². The zero-order valence-corrected chi connectivity index (χ0v) is 12.6. The molecule has 3 rings (SSSR count). The molecule has 2 heterocycles. The number of para-hydroxylation sites is 1. The fourth-order valence-corrected chi connectivity index (χ4v) is 3.10. The summed E-state index contributed by atoms with van der Waals surface area (Å²) in [5, 5.41) is 0. The Morgan fingerprint density at radius 3 is 2.65 bits per heavy atom. The van der Waals surface area contributed by atoms with E-state index in [1.165, 1.54) is 27.9 Å². The SMILES string of the molecule is CC1=Cc2ccccc2N(C)B1c1cc(C)cc[n+]1C. The number of aryl methyl sites for hydroxylation is 2. The van der Waals surface area contributed by atoms with E-state index in [0.717, 1.165) is 0 Å². The molecule has 0 saturated heterocycles. The van der Waals surface area contributed by atoms with Gasteiger partial charge in [0.15, 0.2) is 11.8 Å². The first kappa shape index (κ1) is 13.0. The number of rotatable bonds is 1. The van der Waals surface area contributed by atoms with Gasteiger partial charge in [0.25, 0.3) is 0 Å². The lowest BCUT2D eigenvalue weighted by molar-refractivity contribution is -0.654. The summed E-state index contributed by atoms with van der Waals surface area (Å²) in [6.45, 7) is 4.67. The number of hydrogen-bond donors (Lipinski definition) is 0. The molecule has 1 aromatic carbocycles. The second-order valence-corrected chi connectivity index (χ2v) is 5.70. The van der Waals surface area contributed by atoms with E-state index in [2.05, 4.69) is 86.0 Å². The Morgan fingerprint density at radius 1 is 1.10 bits per heavy atom. The predicted molar refractivity (Wildman–Crippen MR) is 86.2 cm³/mol. The molecular weight excluding hydrogens is 243 g/mol. The van der Waals surface area contributed by atoms with E-state index in [4.69, 9.17) is 0 Å². The third-order valence-electron chi connectivity index (χ3n) is 4.14. The highest BCUT2D eigenvalue weighted by Crippen LogP contribution is 2.28. The van der Waals surface area contributed by atoms with Gasteiger partial charge in [-0.15, -0.1) is 0 Å². The van der Waals surface area contributed by atoms with Crippen LogP contribution in [0.5, 0.6) is 0 Å². The van der Waals surface area contributed by atoms with Crippen LogP contribution in [0.15, 0.2) is 48.1 Å². The molecule has 0 saturated carbocycles. The molecule has 0 N–H and O–H groups in total. The van der Waals surface area contributed by atoms with Crippen LogP contribution in [0.1, 0.15) is 18.1 Å². The Kier molecular flexibility index (Phi) is 3.13. The number of nitrogens with zero attached hydrogens (tertiary/aromatic N) is 2. The van der Waals surface area contributed by atoms with E-state index in [0.29, 0.717) is 6.85 Å². The van der Waals surface area contributed by atoms with E-state index >= 15 is 0 Å². The fourth-order valence-electron chi connectivity index (χ4n) is 3.10. The van der Waals surface area contributed by atoms with E-state index < -0.39 is 0 Å². The Balaban J connectivity index is 2.14. The van der Waals surface area contributed by atoms with Crippen molar-refractivity contribution in [2.24, 2.45) is 7.05 Å². The van der Waals surface area contributed by atoms with Crippen LogP contribution in [-0.4, -0.2) is 13.9 Å². The highest BCUT2D eigenvalue weighted by Gasteiger charge is 2.36. The van der Waals surface area contributed by atoms with Crippen LogP contribution in [0.2, 0.25) is 0 Å². The number of fused-ring (bicyclic) bond motifs is 1. The fraction of sp³-hybridized carbons (Fsp3) is 0.235. The van der Waals surface area contributed by atoms with Crippen LogP contribution in [-0.2, 0) is 7.05 Å². The Hall–Kier alpha value is -2.03. The van der Waals surface area contributed by atoms with Crippen molar-refractivity contribution >= 4 is 24.2 Å². The predicted octanol–water partition coefficient (Wildman–Crippen LogP) is 2.11. The van der Waals surface area contributed by atoms with Gasteiger partial charge in [-0.1, -0.05) is 29.7 Å². The zero-order chi connectivity index (χ0) is 14.3. The summed E-state index contributed by atoms with van der Waals surface area (Å²) in [7, 11) is 4.30. The van der Waals surface area contributed by atoms with Crippen molar-refractivity contribution in [3.8, 4) is 0 Å². The van der Waals surface area contributed by atoms with Crippen molar-refractivity contribution in [3.05, 3.63) is 59.2 Å². The number of anilines is 1. The largest absolute Gasteiger partial charge is 0.404 e. The number of allylic oxidation sites excluding steroid dienone is 1. The summed E-state index contributed by atoms with van der Waals surface area (Å²) in [6.07, 6.45) is 4.45. The maximum atomic E-state index is 2.37. The first-order valence-corrected chi connectivity index (χ1v) is 7.04. The van der Waals surface area contributed by atoms with Gasteiger partial charge in [-0.3, -0.25) is 0 Å². The van der Waals surface area contributed by atoms with Crippen molar-refractivity contribution in [1.29, 1.82) is 0 Å². The summed E-state index contributed by atoms with van der Waals surface area (Å²) < 4.78 is 2.22. The molecule has 0 aliphatic carbocycles. The Bertz CT molecular complexity index is 691. The molecule has 100 valence electrons. The topological polar surface area (TPSA) is 7.12 Å². The molecule has 2 aromatic rings. The smallest absolute Gasteiger partial charge is 0.399 e. The molecule has 0 radical (unpaired) electrons. The first-order valence-electron chi connectivity index (χ1n) is 7.04. The van der Waals surface area contributed by atoms with E-state index in [1.807, 2.05) is 0 Å². The average Bonchev–Trinajstić information content (AvgIpc) is 2.42. The minimum Gasteiger partial charge on any atom is -0.404 e. The van der Waals surface area contributed by atoms with E-state index in [1.54, 1.807) is 0 Å². The van der Waals surface area contributed by atoms with E-state index in [9.17, 15) is 0 Å². The molecule has 1 aromatic heterocycles. The Labute approximate surface area is 121 Å². The average molecular weight is 263 g/mol. The van der Waals surface area contributed by atoms with Crippen molar-refractivity contribution in [2.75, 3.05) is 11.9 Å². The van der Waals surface area contributed by atoms with Crippen LogP contribution in [0.4, 0.5) is 5.69 Å². The molecule has 3 heteroatoms. The van der Waals surface area contributed by atoms with Gasteiger partial charge in [-0.25, -0.2) is 4.57 Å². The number of benzene rings is 1. The van der Waals surface area contributed by atoms with Crippen LogP contribution in [0, 0.1) is 6.92 Å². The minimum atomic E-state index is 0.301. The summed E-state index contributed by atoms with van der Waals surface area (Å²) in [5.41, 5.74) is 6.62.